The van der Waals surface area contributed by atoms with Gasteiger partial charge in [-0.15, -0.1) is 0 Å². The van der Waals surface area contributed by atoms with Crippen LogP contribution >= 0.6 is 23.2 Å². The summed E-state index contributed by atoms with van der Waals surface area (Å²) in [4.78, 5) is 11.5. The molecule has 0 aliphatic heterocycles. The molecule has 1 saturated carbocycles. The molecule has 1 amide bonds. The monoisotopic (exact) mass is 311 g/mol. The highest BCUT2D eigenvalue weighted by Crippen LogP contribution is 2.48. The van der Waals surface area contributed by atoms with Crippen molar-refractivity contribution in [3.8, 4) is 0 Å². The van der Waals surface area contributed by atoms with Gasteiger partial charge < -0.3 is 5.32 Å². The second-order valence-corrected chi connectivity index (χ2v) is 5.36. The van der Waals surface area contributed by atoms with E-state index in [2.05, 4.69) is 0 Å². The summed E-state index contributed by atoms with van der Waals surface area (Å²) in [5.74, 6) is -1.13. The summed E-state index contributed by atoms with van der Waals surface area (Å²) in [5.41, 5.74) is 0.782. The predicted molar refractivity (Wildman–Crippen MR) is 66.4 cm³/mol. The van der Waals surface area contributed by atoms with Crippen molar-refractivity contribution < 1.29 is 18.0 Å². The van der Waals surface area contributed by atoms with Crippen LogP contribution < -0.4 is 5.32 Å². The van der Waals surface area contributed by atoms with Crippen molar-refractivity contribution in [2.24, 2.45) is 5.92 Å². The van der Waals surface area contributed by atoms with Gasteiger partial charge in [0.05, 0.1) is 0 Å². The fraction of sp³-hybridized carbons (Fsp3) is 0.417. The second kappa shape index (κ2) is 5.21. The summed E-state index contributed by atoms with van der Waals surface area (Å²) in [7, 11) is 0. The fourth-order valence-corrected chi connectivity index (χ4v) is 2.50. The summed E-state index contributed by atoms with van der Waals surface area (Å²) in [6.07, 6.45) is -3.88. The lowest BCUT2D eigenvalue weighted by Crippen LogP contribution is -2.34. The Kier molecular flexibility index (Phi) is 3.97. The molecule has 0 spiro atoms. The molecule has 0 aromatic heterocycles. The number of alkyl halides is 3. The largest absolute Gasteiger partial charge is 0.405 e. The van der Waals surface area contributed by atoms with E-state index in [-0.39, 0.29) is 5.92 Å². The van der Waals surface area contributed by atoms with E-state index in [1.807, 2.05) is 5.32 Å². The maximum atomic E-state index is 12.0. The van der Waals surface area contributed by atoms with Crippen LogP contribution in [0.4, 0.5) is 13.2 Å². The third kappa shape index (κ3) is 4.01. The Balaban J connectivity index is 1.95. The lowest BCUT2D eigenvalue weighted by atomic mass is 10.1. The summed E-state index contributed by atoms with van der Waals surface area (Å²) in [6.45, 7) is -1.30. The van der Waals surface area contributed by atoms with Gasteiger partial charge in [0.25, 0.3) is 0 Å². The van der Waals surface area contributed by atoms with Gasteiger partial charge in [0, 0.05) is 16.0 Å². The number of carbonyl (C=O) groups excluding carboxylic acids is 1. The van der Waals surface area contributed by atoms with Crippen molar-refractivity contribution in [2.45, 2.75) is 18.5 Å². The summed E-state index contributed by atoms with van der Waals surface area (Å²) >= 11 is 11.7. The molecule has 2 rings (SSSR count). The number of rotatable bonds is 3. The van der Waals surface area contributed by atoms with Crippen molar-refractivity contribution in [1.29, 1.82) is 0 Å². The van der Waals surface area contributed by atoms with Gasteiger partial charge in [0.2, 0.25) is 5.91 Å². The average molecular weight is 312 g/mol. The van der Waals surface area contributed by atoms with Crippen molar-refractivity contribution in [3.63, 3.8) is 0 Å². The molecule has 1 fully saturated rings. The van der Waals surface area contributed by atoms with Crippen LogP contribution in [0.2, 0.25) is 10.0 Å². The zero-order chi connectivity index (χ0) is 14.2. The highest BCUT2D eigenvalue weighted by Gasteiger charge is 2.44. The third-order valence-corrected chi connectivity index (χ3v) is 3.34. The Morgan fingerprint density at radius 3 is 2.37 bits per heavy atom. The van der Waals surface area contributed by atoms with Gasteiger partial charge in [-0.1, -0.05) is 23.2 Å². The minimum Gasteiger partial charge on any atom is -0.347 e. The van der Waals surface area contributed by atoms with E-state index in [0.717, 1.165) is 5.56 Å². The number of hydrogen-bond donors (Lipinski definition) is 1. The second-order valence-electron chi connectivity index (χ2n) is 4.48. The van der Waals surface area contributed by atoms with Gasteiger partial charge in [0.1, 0.15) is 6.54 Å². The fourth-order valence-electron chi connectivity index (χ4n) is 1.96. The van der Waals surface area contributed by atoms with Gasteiger partial charge in [0.15, 0.2) is 0 Å². The van der Waals surface area contributed by atoms with E-state index in [1.165, 1.54) is 0 Å². The third-order valence-electron chi connectivity index (χ3n) is 2.90. The van der Waals surface area contributed by atoms with Crippen LogP contribution in [0.15, 0.2) is 18.2 Å². The quantitative estimate of drug-likeness (QED) is 0.904. The molecule has 104 valence electrons. The number of amides is 1. The summed E-state index contributed by atoms with van der Waals surface area (Å²) < 4.78 is 35.9. The number of hydrogen-bond acceptors (Lipinski definition) is 1. The average Bonchev–Trinajstić information content (AvgIpc) is 3.03. The first-order valence-corrected chi connectivity index (χ1v) is 6.32. The normalized spacial score (nSPS) is 22.2. The first-order valence-electron chi connectivity index (χ1n) is 5.57. The van der Waals surface area contributed by atoms with Crippen molar-refractivity contribution in [3.05, 3.63) is 33.8 Å². The van der Waals surface area contributed by atoms with E-state index in [4.69, 9.17) is 23.2 Å². The first kappa shape index (κ1) is 14.5. The minimum atomic E-state index is -4.39. The van der Waals surface area contributed by atoms with Crippen LogP contribution in [0.25, 0.3) is 0 Å². The molecule has 1 N–H and O–H groups in total. The molecule has 2 nitrogen and oxygen atoms in total. The molecule has 1 aliphatic carbocycles. The maximum Gasteiger partial charge on any atom is 0.405 e. The van der Waals surface area contributed by atoms with Gasteiger partial charge in [-0.3, -0.25) is 4.79 Å². The zero-order valence-corrected chi connectivity index (χ0v) is 11.1. The van der Waals surface area contributed by atoms with Gasteiger partial charge >= 0.3 is 6.18 Å². The van der Waals surface area contributed by atoms with Crippen molar-refractivity contribution >= 4 is 29.1 Å². The van der Waals surface area contributed by atoms with Crippen LogP contribution in [0.3, 0.4) is 0 Å². The Morgan fingerprint density at radius 2 is 1.84 bits per heavy atom. The smallest absolute Gasteiger partial charge is 0.347 e. The summed E-state index contributed by atoms with van der Waals surface area (Å²) in [6, 6.07) is 4.91. The number of benzene rings is 1. The first-order chi connectivity index (χ1) is 8.76. The van der Waals surface area contributed by atoms with Gasteiger partial charge in [-0.05, 0) is 36.1 Å². The predicted octanol–water partition coefficient (Wildman–Crippen LogP) is 3.78. The molecular weight excluding hydrogens is 302 g/mol. The Labute approximate surface area is 117 Å². The van der Waals surface area contributed by atoms with Gasteiger partial charge in [-0.25, -0.2) is 0 Å². The molecule has 0 saturated heterocycles. The lowest BCUT2D eigenvalue weighted by Gasteiger charge is -2.08. The van der Waals surface area contributed by atoms with E-state index >= 15 is 0 Å². The molecule has 1 aromatic carbocycles. The van der Waals surface area contributed by atoms with Crippen molar-refractivity contribution in [2.75, 3.05) is 6.54 Å². The molecule has 19 heavy (non-hydrogen) atoms. The zero-order valence-electron chi connectivity index (χ0n) is 9.60. The lowest BCUT2D eigenvalue weighted by molar-refractivity contribution is -0.139. The van der Waals surface area contributed by atoms with E-state index in [0.29, 0.717) is 16.5 Å². The number of halogens is 5. The number of carbonyl (C=O) groups is 1. The standard InChI is InChI=1S/C12H10Cl2F3NO/c13-7-1-6(2-8(14)3-7)9-4-10(9)11(19)18-5-12(15,16)17/h1-3,9-10H,4-5H2,(H,18,19). The van der Waals surface area contributed by atoms with Crippen LogP contribution in [-0.4, -0.2) is 18.6 Å². The molecule has 2 atom stereocenters. The number of nitrogens with one attached hydrogen (secondary N) is 1. The minimum absolute atomic E-state index is 0.107. The highest BCUT2D eigenvalue weighted by atomic mass is 35.5. The van der Waals surface area contributed by atoms with Crippen molar-refractivity contribution in [1.82, 2.24) is 5.32 Å². The molecule has 1 aliphatic rings. The Bertz CT molecular complexity index is 484. The molecule has 0 heterocycles. The highest BCUT2D eigenvalue weighted by molar-refractivity contribution is 6.34. The molecular formula is C12H10Cl2F3NO. The van der Waals surface area contributed by atoms with Crippen LogP contribution in [0.5, 0.6) is 0 Å². The van der Waals surface area contributed by atoms with E-state index < -0.39 is 24.5 Å². The Hall–Kier alpha value is -0.940. The molecule has 0 bridgehead atoms. The van der Waals surface area contributed by atoms with Crippen LogP contribution in [0.1, 0.15) is 17.9 Å². The molecule has 1 aromatic rings. The maximum absolute atomic E-state index is 12.0. The summed E-state index contributed by atoms with van der Waals surface area (Å²) in [5, 5.41) is 2.78. The molecule has 7 heteroatoms. The van der Waals surface area contributed by atoms with E-state index in [1.54, 1.807) is 18.2 Å². The molecule has 2 unspecified atom stereocenters. The van der Waals surface area contributed by atoms with Gasteiger partial charge in [-0.2, -0.15) is 13.2 Å². The SMILES string of the molecule is O=C(NCC(F)(F)F)C1CC1c1cc(Cl)cc(Cl)c1. The van der Waals surface area contributed by atoms with E-state index in [9.17, 15) is 18.0 Å². The van der Waals surface area contributed by atoms with Crippen LogP contribution in [0, 0.1) is 5.92 Å². The van der Waals surface area contributed by atoms with Crippen LogP contribution in [-0.2, 0) is 4.79 Å². The molecule has 0 radical (unpaired) electrons. The Morgan fingerprint density at radius 1 is 1.26 bits per heavy atom. The topological polar surface area (TPSA) is 29.1 Å².